The van der Waals surface area contributed by atoms with Gasteiger partial charge in [-0.3, -0.25) is 0 Å². The summed E-state index contributed by atoms with van der Waals surface area (Å²) in [6.07, 6.45) is 11.0. The molecule has 0 radical (unpaired) electrons. The van der Waals surface area contributed by atoms with E-state index in [1.165, 1.54) is 44.9 Å². The van der Waals surface area contributed by atoms with Crippen LogP contribution in [0.1, 0.15) is 57.8 Å². The summed E-state index contributed by atoms with van der Waals surface area (Å²) in [6.45, 7) is 0.468. The standard InChI is InChI=1S/C15H32N4/c16-10-14(18)15(19,11-6-2-1-3-7-11)12-8-4-5-9-13(12)17/h11-14H,1-10,16-19H2. The maximum absolute atomic E-state index is 6.91. The van der Waals surface area contributed by atoms with E-state index in [4.69, 9.17) is 22.9 Å². The molecule has 0 aromatic carbocycles. The average Bonchev–Trinajstić information content (AvgIpc) is 2.47. The minimum Gasteiger partial charge on any atom is -0.329 e. The van der Waals surface area contributed by atoms with Crippen molar-refractivity contribution in [1.29, 1.82) is 0 Å². The number of nitrogens with two attached hydrogens (primary N) is 4. The molecule has 19 heavy (non-hydrogen) atoms. The van der Waals surface area contributed by atoms with E-state index in [-0.39, 0.29) is 17.6 Å². The molecule has 2 fully saturated rings. The quantitative estimate of drug-likeness (QED) is 0.612. The summed E-state index contributed by atoms with van der Waals surface area (Å²) in [6, 6.07) is 0.0861. The Hall–Kier alpha value is -0.160. The molecule has 0 amide bonds. The SMILES string of the molecule is NCC(N)C(N)(C1CCCCC1)C1CCCCC1N. The van der Waals surface area contributed by atoms with E-state index in [0.717, 1.165) is 12.8 Å². The zero-order valence-electron chi connectivity index (χ0n) is 12.2. The molecule has 0 aromatic rings. The van der Waals surface area contributed by atoms with Gasteiger partial charge in [-0.25, -0.2) is 0 Å². The van der Waals surface area contributed by atoms with E-state index in [9.17, 15) is 0 Å². The Morgan fingerprint density at radius 1 is 0.947 bits per heavy atom. The molecule has 0 aliphatic heterocycles. The first-order chi connectivity index (χ1) is 9.10. The predicted octanol–water partition coefficient (Wildman–Crippen LogP) is 1.07. The summed E-state index contributed by atoms with van der Waals surface area (Å²) in [4.78, 5) is 0. The summed E-state index contributed by atoms with van der Waals surface area (Å²) >= 11 is 0. The van der Waals surface area contributed by atoms with Crippen molar-refractivity contribution < 1.29 is 0 Å². The van der Waals surface area contributed by atoms with Gasteiger partial charge in [-0.05, 0) is 37.5 Å². The lowest BCUT2D eigenvalue weighted by molar-refractivity contribution is 0.0702. The largest absolute Gasteiger partial charge is 0.329 e. The first-order valence-corrected chi connectivity index (χ1v) is 8.10. The summed E-state index contributed by atoms with van der Waals surface area (Å²) < 4.78 is 0. The highest BCUT2D eigenvalue weighted by Gasteiger charge is 2.48. The summed E-state index contributed by atoms with van der Waals surface area (Å²) in [5, 5.41) is 0. The molecule has 4 nitrogen and oxygen atoms in total. The topological polar surface area (TPSA) is 104 Å². The fourth-order valence-corrected chi connectivity index (χ4v) is 4.47. The van der Waals surface area contributed by atoms with Gasteiger partial charge in [0.25, 0.3) is 0 Å². The monoisotopic (exact) mass is 268 g/mol. The van der Waals surface area contributed by atoms with Crippen LogP contribution in [0, 0.1) is 11.8 Å². The Kier molecular flexibility index (Phi) is 5.23. The third-order valence-electron chi connectivity index (χ3n) is 5.67. The Morgan fingerprint density at radius 3 is 2.11 bits per heavy atom. The third kappa shape index (κ3) is 2.97. The van der Waals surface area contributed by atoms with Crippen molar-refractivity contribution in [1.82, 2.24) is 0 Å². The minimum absolute atomic E-state index is 0.121. The van der Waals surface area contributed by atoms with Crippen molar-refractivity contribution in [2.45, 2.75) is 75.4 Å². The fraction of sp³-hybridized carbons (Fsp3) is 1.00. The number of rotatable bonds is 4. The van der Waals surface area contributed by atoms with Gasteiger partial charge in [-0.15, -0.1) is 0 Å². The number of hydrogen-bond acceptors (Lipinski definition) is 4. The normalized spacial score (nSPS) is 34.7. The molecule has 0 heterocycles. The third-order valence-corrected chi connectivity index (χ3v) is 5.67. The van der Waals surface area contributed by atoms with Crippen LogP contribution in [-0.4, -0.2) is 24.2 Å². The zero-order chi connectivity index (χ0) is 13.9. The van der Waals surface area contributed by atoms with Gasteiger partial charge in [0.2, 0.25) is 0 Å². The summed E-state index contributed by atoms with van der Waals surface area (Å²) in [7, 11) is 0. The van der Waals surface area contributed by atoms with Gasteiger partial charge in [0.05, 0.1) is 0 Å². The molecule has 4 atom stereocenters. The first kappa shape index (κ1) is 15.2. The molecule has 112 valence electrons. The Morgan fingerprint density at radius 2 is 1.53 bits per heavy atom. The van der Waals surface area contributed by atoms with Gasteiger partial charge in [-0.2, -0.15) is 0 Å². The molecule has 2 aliphatic carbocycles. The Bertz CT molecular complexity index is 277. The van der Waals surface area contributed by atoms with Crippen LogP contribution in [0.15, 0.2) is 0 Å². The molecule has 2 saturated carbocycles. The molecule has 4 heteroatoms. The predicted molar refractivity (Wildman–Crippen MR) is 80.5 cm³/mol. The molecular weight excluding hydrogens is 236 g/mol. The molecule has 2 aliphatic rings. The van der Waals surface area contributed by atoms with Crippen LogP contribution < -0.4 is 22.9 Å². The number of hydrogen-bond donors (Lipinski definition) is 4. The molecule has 2 rings (SSSR count). The van der Waals surface area contributed by atoms with Crippen LogP contribution in [0.3, 0.4) is 0 Å². The molecule has 8 N–H and O–H groups in total. The Labute approximate surface area is 117 Å². The fourth-order valence-electron chi connectivity index (χ4n) is 4.47. The molecule has 0 aromatic heterocycles. The van der Waals surface area contributed by atoms with Crippen LogP contribution in [0.25, 0.3) is 0 Å². The van der Waals surface area contributed by atoms with Crippen molar-refractivity contribution in [2.75, 3.05) is 6.54 Å². The van der Waals surface area contributed by atoms with Gasteiger partial charge in [0.15, 0.2) is 0 Å². The highest BCUT2D eigenvalue weighted by molar-refractivity contribution is 5.08. The van der Waals surface area contributed by atoms with E-state index in [0.29, 0.717) is 18.4 Å². The minimum atomic E-state index is -0.352. The second-order valence-electron chi connectivity index (χ2n) is 6.73. The maximum atomic E-state index is 6.91. The highest BCUT2D eigenvalue weighted by Crippen LogP contribution is 2.42. The van der Waals surface area contributed by atoms with Gasteiger partial charge in [-0.1, -0.05) is 32.1 Å². The molecular formula is C15H32N4. The zero-order valence-corrected chi connectivity index (χ0v) is 12.2. The van der Waals surface area contributed by atoms with Gasteiger partial charge < -0.3 is 22.9 Å². The van der Waals surface area contributed by atoms with Gasteiger partial charge in [0.1, 0.15) is 0 Å². The van der Waals surface area contributed by atoms with Crippen molar-refractivity contribution in [3.8, 4) is 0 Å². The van der Waals surface area contributed by atoms with Crippen molar-refractivity contribution >= 4 is 0 Å². The van der Waals surface area contributed by atoms with E-state index in [1.54, 1.807) is 0 Å². The summed E-state index contributed by atoms with van der Waals surface area (Å²) in [5.74, 6) is 0.858. The van der Waals surface area contributed by atoms with Gasteiger partial charge >= 0.3 is 0 Å². The maximum Gasteiger partial charge on any atom is 0.0392 e. The van der Waals surface area contributed by atoms with Crippen LogP contribution >= 0.6 is 0 Å². The van der Waals surface area contributed by atoms with Gasteiger partial charge in [0, 0.05) is 24.2 Å². The van der Waals surface area contributed by atoms with Crippen LogP contribution in [-0.2, 0) is 0 Å². The van der Waals surface area contributed by atoms with Crippen LogP contribution in [0.2, 0.25) is 0 Å². The average molecular weight is 268 g/mol. The highest BCUT2D eigenvalue weighted by atomic mass is 14.9. The Balaban J connectivity index is 2.21. The van der Waals surface area contributed by atoms with Crippen molar-refractivity contribution in [3.05, 3.63) is 0 Å². The van der Waals surface area contributed by atoms with Crippen molar-refractivity contribution in [3.63, 3.8) is 0 Å². The lowest BCUT2D eigenvalue weighted by Crippen LogP contribution is -2.70. The smallest absolute Gasteiger partial charge is 0.0392 e. The molecule has 0 spiro atoms. The van der Waals surface area contributed by atoms with E-state index < -0.39 is 0 Å². The first-order valence-electron chi connectivity index (χ1n) is 8.10. The lowest BCUT2D eigenvalue weighted by atomic mass is 9.60. The van der Waals surface area contributed by atoms with E-state index >= 15 is 0 Å². The second kappa shape index (κ2) is 6.53. The molecule has 0 bridgehead atoms. The van der Waals surface area contributed by atoms with Crippen LogP contribution in [0.5, 0.6) is 0 Å². The lowest BCUT2D eigenvalue weighted by Gasteiger charge is -2.51. The van der Waals surface area contributed by atoms with E-state index in [1.807, 2.05) is 0 Å². The molecule has 0 saturated heterocycles. The molecule has 4 unspecified atom stereocenters. The summed E-state index contributed by atoms with van der Waals surface area (Å²) in [5.41, 5.74) is 25.2. The second-order valence-corrected chi connectivity index (χ2v) is 6.73. The van der Waals surface area contributed by atoms with Crippen LogP contribution in [0.4, 0.5) is 0 Å². The van der Waals surface area contributed by atoms with E-state index in [2.05, 4.69) is 0 Å². The van der Waals surface area contributed by atoms with Crippen molar-refractivity contribution in [2.24, 2.45) is 34.8 Å².